The Balaban J connectivity index is 1.99. The van der Waals surface area contributed by atoms with E-state index in [1.165, 1.54) is 0 Å². The smallest absolute Gasteiger partial charge is 0.251 e. The van der Waals surface area contributed by atoms with Crippen LogP contribution >= 0.6 is 0 Å². The third-order valence-corrected chi connectivity index (χ3v) is 3.89. The van der Waals surface area contributed by atoms with Crippen LogP contribution in [0.25, 0.3) is 0 Å². The van der Waals surface area contributed by atoms with E-state index in [2.05, 4.69) is 10.6 Å². The van der Waals surface area contributed by atoms with Gasteiger partial charge >= 0.3 is 0 Å². The van der Waals surface area contributed by atoms with E-state index in [9.17, 15) is 9.59 Å². The Kier molecular flexibility index (Phi) is 4.96. The van der Waals surface area contributed by atoms with Gasteiger partial charge in [-0.2, -0.15) is 0 Å². The van der Waals surface area contributed by atoms with Crippen LogP contribution in [0, 0.1) is 11.8 Å². The first kappa shape index (κ1) is 15.5. The second-order valence-corrected chi connectivity index (χ2v) is 5.65. The van der Waals surface area contributed by atoms with Gasteiger partial charge in [-0.3, -0.25) is 9.59 Å². The number of aliphatic hydroxyl groups is 1. The first-order valence-corrected chi connectivity index (χ1v) is 7.37. The fourth-order valence-electron chi connectivity index (χ4n) is 2.21. The molecular formula is C16H22N2O3. The molecule has 0 saturated heterocycles. The molecule has 1 fully saturated rings. The predicted octanol–water partition coefficient (Wildman–Crippen LogP) is 1.78. The summed E-state index contributed by atoms with van der Waals surface area (Å²) in [6, 6.07) is 6.61. The van der Waals surface area contributed by atoms with Gasteiger partial charge in [-0.1, -0.05) is 19.9 Å². The molecule has 0 radical (unpaired) electrons. The third kappa shape index (κ3) is 4.04. The second kappa shape index (κ2) is 6.72. The van der Waals surface area contributed by atoms with Crippen molar-refractivity contribution in [2.45, 2.75) is 32.7 Å². The number of carbonyl (C=O) groups excluding carboxylic acids is 2. The first-order chi connectivity index (χ1) is 10.0. The van der Waals surface area contributed by atoms with E-state index < -0.39 is 0 Å². The molecule has 5 nitrogen and oxygen atoms in total. The van der Waals surface area contributed by atoms with Crippen LogP contribution in [0.2, 0.25) is 0 Å². The quantitative estimate of drug-likeness (QED) is 0.747. The highest BCUT2D eigenvalue weighted by molar-refractivity contribution is 5.98. The molecule has 3 unspecified atom stereocenters. The number of carbonyl (C=O) groups is 2. The third-order valence-electron chi connectivity index (χ3n) is 3.89. The molecule has 0 aromatic heterocycles. The lowest BCUT2D eigenvalue weighted by Crippen LogP contribution is -2.36. The Labute approximate surface area is 124 Å². The number of benzene rings is 1. The molecule has 21 heavy (non-hydrogen) atoms. The van der Waals surface area contributed by atoms with E-state index in [-0.39, 0.29) is 30.4 Å². The Morgan fingerprint density at radius 1 is 1.43 bits per heavy atom. The van der Waals surface area contributed by atoms with Crippen molar-refractivity contribution in [3.63, 3.8) is 0 Å². The maximum atomic E-state index is 12.1. The zero-order valence-corrected chi connectivity index (χ0v) is 12.4. The van der Waals surface area contributed by atoms with Crippen LogP contribution < -0.4 is 10.6 Å². The van der Waals surface area contributed by atoms with Gasteiger partial charge in [0.05, 0.1) is 12.6 Å². The van der Waals surface area contributed by atoms with Gasteiger partial charge in [0.1, 0.15) is 0 Å². The summed E-state index contributed by atoms with van der Waals surface area (Å²) in [5.41, 5.74) is 1.10. The topological polar surface area (TPSA) is 78.4 Å². The van der Waals surface area contributed by atoms with Crippen LogP contribution in [0.4, 0.5) is 5.69 Å². The lowest BCUT2D eigenvalue weighted by atomic mass is 10.1. The van der Waals surface area contributed by atoms with Crippen molar-refractivity contribution in [3.05, 3.63) is 29.8 Å². The minimum absolute atomic E-state index is 0.0156. The molecule has 0 spiro atoms. The summed E-state index contributed by atoms with van der Waals surface area (Å²) in [7, 11) is 0. The van der Waals surface area contributed by atoms with Crippen LogP contribution in [-0.2, 0) is 4.79 Å². The van der Waals surface area contributed by atoms with Gasteiger partial charge in [0.2, 0.25) is 5.91 Å². The van der Waals surface area contributed by atoms with Crippen molar-refractivity contribution in [3.8, 4) is 0 Å². The minimum atomic E-state index is -0.247. The van der Waals surface area contributed by atoms with Gasteiger partial charge in [0.25, 0.3) is 5.91 Å². The fraction of sp³-hybridized carbons (Fsp3) is 0.500. The molecule has 1 aromatic carbocycles. The Morgan fingerprint density at radius 2 is 2.14 bits per heavy atom. The summed E-state index contributed by atoms with van der Waals surface area (Å²) < 4.78 is 0. The maximum Gasteiger partial charge on any atom is 0.251 e. The van der Waals surface area contributed by atoms with Crippen LogP contribution in [0.1, 0.15) is 37.0 Å². The summed E-state index contributed by atoms with van der Waals surface area (Å²) in [4.78, 5) is 24.0. The predicted molar refractivity (Wildman–Crippen MR) is 81.0 cm³/mol. The maximum absolute atomic E-state index is 12.1. The number of aliphatic hydroxyl groups excluding tert-OH is 1. The molecule has 2 rings (SSSR count). The monoisotopic (exact) mass is 290 g/mol. The van der Waals surface area contributed by atoms with Crippen molar-refractivity contribution < 1.29 is 14.7 Å². The first-order valence-electron chi connectivity index (χ1n) is 7.37. The number of anilines is 1. The van der Waals surface area contributed by atoms with E-state index in [1.54, 1.807) is 24.3 Å². The van der Waals surface area contributed by atoms with E-state index in [0.717, 1.165) is 6.42 Å². The average Bonchev–Trinajstić information content (AvgIpc) is 3.22. The highest BCUT2D eigenvalue weighted by atomic mass is 16.3. The molecule has 3 atom stereocenters. The second-order valence-electron chi connectivity index (χ2n) is 5.65. The summed E-state index contributed by atoms with van der Waals surface area (Å²) in [5.74, 6) is 0.321. The van der Waals surface area contributed by atoms with Gasteiger partial charge in [-0.25, -0.2) is 0 Å². The standard InChI is InChI=1S/C16H22N2O3/c1-3-12(9-19)17-15(20)11-5-4-6-13(8-11)18-16(21)14-7-10(14)2/h4-6,8,10,12,14,19H,3,7,9H2,1-2H3,(H,17,20)(H,18,21). The average molecular weight is 290 g/mol. The zero-order chi connectivity index (χ0) is 15.4. The summed E-state index contributed by atoms with van der Waals surface area (Å²) >= 11 is 0. The Hall–Kier alpha value is -1.88. The van der Waals surface area contributed by atoms with Gasteiger partial charge in [-0.05, 0) is 37.0 Å². The number of nitrogens with one attached hydrogen (secondary N) is 2. The molecule has 2 amide bonds. The lowest BCUT2D eigenvalue weighted by Gasteiger charge is -2.14. The van der Waals surface area contributed by atoms with E-state index in [4.69, 9.17) is 5.11 Å². The van der Waals surface area contributed by atoms with E-state index in [1.807, 2.05) is 13.8 Å². The number of hydrogen-bond acceptors (Lipinski definition) is 3. The number of rotatable bonds is 6. The van der Waals surface area contributed by atoms with Gasteiger partial charge in [0, 0.05) is 17.2 Å². The minimum Gasteiger partial charge on any atom is -0.394 e. The molecule has 1 aliphatic carbocycles. The van der Waals surface area contributed by atoms with Crippen molar-refractivity contribution in [1.82, 2.24) is 5.32 Å². The molecule has 1 saturated carbocycles. The van der Waals surface area contributed by atoms with Crippen molar-refractivity contribution in [2.75, 3.05) is 11.9 Å². The highest BCUT2D eigenvalue weighted by Gasteiger charge is 2.39. The van der Waals surface area contributed by atoms with Crippen LogP contribution in [0.3, 0.4) is 0 Å². The molecule has 5 heteroatoms. The molecule has 114 valence electrons. The summed E-state index contributed by atoms with van der Waals surface area (Å²) in [6.45, 7) is 3.86. The van der Waals surface area contributed by atoms with Crippen LogP contribution in [0.5, 0.6) is 0 Å². The molecule has 1 aliphatic rings. The van der Waals surface area contributed by atoms with E-state index >= 15 is 0 Å². The fourth-order valence-corrected chi connectivity index (χ4v) is 2.21. The summed E-state index contributed by atoms with van der Waals surface area (Å²) in [6.07, 6.45) is 1.60. The SMILES string of the molecule is CCC(CO)NC(=O)c1cccc(NC(=O)C2CC2C)c1. The highest BCUT2D eigenvalue weighted by Crippen LogP contribution is 2.38. The van der Waals surface area contributed by atoms with Crippen LogP contribution in [0.15, 0.2) is 24.3 Å². The normalized spacial score (nSPS) is 21.5. The molecule has 0 bridgehead atoms. The van der Waals surface area contributed by atoms with Gasteiger partial charge in [-0.15, -0.1) is 0 Å². The zero-order valence-electron chi connectivity index (χ0n) is 12.4. The molecular weight excluding hydrogens is 268 g/mol. The van der Waals surface area contributed by atoms with Gasteiger partial charge < -0.3 is 15.7 Å². The molecule has 3 N–H and O–H groups in total. The number of amides is 2. The van der Waals surface area contributed by atoms with Crippen molar-refractivity contribution >= 4 is 17.5 Å². The van der Waals surface area contributed by atoms with E-state index in [0.29, 0.717) is 23.6 Å². The number of hydrogen-bond donors (Lipinski definition) is 3. The largest absolute Gasteiger partial charge is 0.394 e. The van der Waals surface area contributed by atoms with Crippen molar-refractivity contribution in [2.24, 2.45) is 11.8 Å². The van der Waals surface area contributed by atoms with Crippen molar-refractivity contribution in [1.29, 1.82) is 0 Å². The molecule has 0 aliphatic heterocycles. The van der Waals surface area contributed by atoms with Crippen LogP contribution in [-0.4, -0.2) is 29.6 Å². The Bertz CT molecular complexity index is 526. The lowest BCUT2D eigenvalue weighted by molar-refractivity contribution is -0.117. The van der Waals surface area contributed by atoms with Gasteiger partial charge in [0.15, 0.2) is 0 Å². The molecule has 1 aromatic rings. The summed E-state index contributed by atoms with van der Waals surface area (Å²) in [5, 5.41) is 14.7. The molecule has 0 heterocycles. The Morgan fingerprint density at radius 3 is 2.71 bits per heavy atom.